The van der Waals surface area contributed by atoms with E-state index in [2.05, 4.69) is 40.7 Å². The van der Waals surface area contributed by atoms with E-state index in [1.807, 2.05) is 13.8 Å². The van der Waals surface area contributed by atoms with Gasteiger partial charge in [0.25, 0.3) is 0 Å². The molecular formula is C53H86O24. The number of rotatable bonds is 12. The normalized spacial score (nSPS) is 54.5. The summed E-state index contributed by atoms with van der Waals surface area (Å²) in [7, 11) is 0. The third-order valence-corrected chi connectivity index (χ3v) is 21.3. The first kappa shape index (κ1) is 59.9. The first-order valence-electron chi connectivity index (χ1n) is 27.4. The van der Waals surface area contributed by atoms with Gasteiger partial charge in [0.15, 0.2) is 31.3 Å². The number of fused-ring (bicyclic) bond motifs is 7. The molecule has 0 aromatic carbocycles. The van der Waals surface area contributed by atoms with Crippen molar-refractivity contribution in [3.05, 3.63) is 11.6 Å². The molecule has 4 saturated carbocycles. The zero-order valence-corrected chi connectivity index (χ0v) is 44.9. The van der Waals surface area contributed by atoms with Crippen molar-refractivity contribution in [3.8, 4) is 0 Å². The molecule has 0 unspecified atom stereocenters. The lowest BCUT2D eigenvalue weighted by molar-refractivity contribution is -0.401. The van der Waals surface area contributed by atoms with Gasteiger partial charge in [0, 0.05) is 10.8 Å². The predicted octanol–water partition coefficient (Wildman–Crippen LogP) is -2.89. The maximum atomic E-state index is 13.1. The zero-order chi connectivity index (χ0) is 56.4. The van der Waals surface area contributed by atoms with Crippen LogP contribution < -0.4 is 0 Å². The van der Waals surface area contributed by atoms with E-state index >= 15 is 0 Å². The van der Waals surface area contributed by atoms with Crippen molar-refractivity contribution in [2.75, 3.05) is 26.4 Å². The summed E-state index contributed by atoms with van der Waals surface area (Å²) < 4.78 is 48.5. The summed E-state index contributed by atoms with van der Waals surface area (Å²) in [6.45, 7) is 12.5. The Kier molecular flexibility index (Phi) is 16.7. The van der Waals surface area contributed by atoms with E-state index in [-0.39, 0.29) is 29.8 Å². The molecule has 4 aliphatic heterocycles. The van der Waals surface area contributed by atoms with Gasteiger partial charge < -0.3 is 114 Å². The van der Waals surface area contributed by atoms with E-state index in [4.69, 9.17) is 37.9 Å². The van der Waals surface area contributed by atoms with Gasteiger partial charge in [-0.3, -0.25) is 0 Å². The van der Waals surface area contributed by atoms with Gasteiger partial charge in [0.05, 0.1) is 44.7 Å². The molecule has 0 aromatic heterocycles. The van der Waals surface area contributed by atoms with Gasteiger partial charge in [-0.25, -0.2) is 4.79 Å². The highest BCUT2D eigenvalue weighted by molar-refractivity contribution is 5.73. The minimum absolute atomic E-state index is 0.0113. The number of aliphatic carboxylic acids is 1. The van der Waals surface area contributed by atoms with E-state index in [9.17, 15) is 81.4 Å². The average molecular weight is 1110 g/mol. The van der Waals surface area contributed by atoms with Gasteiger partial charge in [-0.15, -0.1) is 0 Å². The second-order valence-corrected chi connectivity index (χ2v) is 26.1. The first-order valence-corrected chi connectivity index (χ1v) is 27.4. The van der Waals surface area contributed by atoms with E-state index in [0.717, 1.165) is 18.4 Å². The lowest BCUT2D eigenvalue weighted by Crippen LogP contribution is -2.72. The monoisotopic (exact) mass is 1110 g/mol. The van der Waals surface area contributed by atoms with Crippen molar-refractivity contribution in [1.82, 2.24) is 0 Å². The molecule has 0 aromatic rings. The fourth-order valence-electron chi connectivity index (χ4n) is 16.5. The summed E-state index contributed by atoms with van der Waals surface area (Å²) in [5, 5.41) is 165. The van der Waals surface area contributed by atoms with Crippen LogP contribution in [0.4, 0.5) is 0 Å². The standard InChI is InChI=1S/C53H86O24/c1-48(2)14-15-53(20-56)22(16-48)21-8-9-27-50(5)12-11-28(49(3,4)26(50)10-13-51(27,6)52(21,7)41(66)42(53)67)73-47-40(77-45-35(64)33(62)31(60)25(18-55)72-45)37(36(65)38(75-47)43(68)69)74-46-39(29(58)23(57)19-70-46)76-44-34(63)32(61)30(59)24(17-54)71-44/h8,22-42,44-47,54-67H,9-20H2,1-7H3,(H,68,69)/t22-,23-,24-,25-,26-,27-,28+,29+,30-,31+,32+,33+,34-,35-,36+,37+,38+,39-,40-,41+,42-,44+,45+,46+,47-,50+,51-,52+,53-/m1/s1. The number of hydrogen-bond acceptors (Lipinski definition) is 23. The van der Waals surface area contributed by atoms with Crippen molar-refractivity contribution >= 4 is 5.97 Å². The summed E-state index contributed by atoms with van der Waals surface area (Å²) >= 11 is 0. The van der Waals surface area contributed by atoms with Gasteiger partial charge in [-0.05, 0) is 90.8 Å². The fourth-order valence-corrected chi connectivity index (χ4v) is 16.5. The Bertz CT molecular complexity index is 2130. The Morgan fingerprint density at radius 1 is 0.597 bits per heavy atom. The van der Waals surface area contributed by atoms with Crippen molar-refractivity contribution in [2.45, 2.75) is 235 Å². The van der Waals surface area contributed by atoms with Crippen LogP contribution in [0.3, 0.4) is 0 Å². The minimum Gasteiger partial charge on any atom is -0.479 e. The topological polar surface area (TPSA) is 394 Å². The fraction of sp³-hybridized carbons (Fsp3) is 0.943. The van der Waals surface area contributed by atoms with Crippen molar-refractivity contribution in [1.29, 1.82) is 0 Å². The molecule has 8 fully saturated rings. The molecule has 77 heavy (non-hydrogen) atoms. The summed E-state index contributed by atoms with van der Waals surface area (Å²) in [5.74, 6) is -1.93. The SMILES string of the molecule is CC1(C)CC[C@@]2(CO)[C@H](C1)C1=CC[C@@H]3[C@@]4(C)CC[C@H](O[C@@H]5O[C@H](C(=O)O)[C@@H](O)[C@H](O[C@@H]6OC[C@@H](O)[C@H](O)[C@H]6O[C@@H]6O[C@H](CO)[C@@H](O)[C@H](O)[C@H]6O)[C@H]5O[C@@H]5O[C@H](CO)[C@H](O)[C@H](O)[C@H]5O)C(C)(C)[C@H]4CC[C@@]3(C)[C@]1(C)[C@@H](O)[C@H]2O. The maximum Gasteiger partial charge on any atom is 0.335 e. The predicted molar refractivity (Wildman–Crippen MR) is 260 cm³/mol. The molecule has 5 aliphatic carbocycles. The molecule has 4 heterocycles. The number of aliphatic hydroxyl groups excluding tert-OH is 14. The molecule has 24 nitrogen and oxygen atoms in total. The lowest BCUT2D eigenvalue weighted by Gasteiger charge is -2.73. The Hall–Kier alpha value is -1.67. The molecule has 0 bridgehead atoms. The van der Waals surface area contributed by atoms with E-state index in [1.54, 1.807) is 0 Å². The molecule has 0 amide bonds. The van der Waals surface area contributed by atoms with E-state index < -0.39 is 188 Å². The molecule has 24 heteroatoms. The number of carboxylic acids is 1. The Balaban J connectivity index is 1.04. The second-order valence-electron chi connectivity index (χ2n) is 26.1. The van der Waals surface area contributed by atoms with Gasteiger partial charge in [0.1, 0.15) is 85.5 Å². The summed E-state index contributed by atoms with van der Waals surface area (Å²) in [6.07, 6.45) is -31.7. The van der Waals surface area contributed by atoms with Crippen LogP contribution in [0.2, 0.25) is 0 Å². The molecule has 9 rings (SSSR count). The van der Waals surface area contributed by atoms with Crippen LogP contribution in [0.1, 0.15) is 99.8 Å². The summed E-state index contributed by atoms with van der Waals surface area (Å²) in [6, 6.07) is 0. The highest BCUT2D eigenvalue weighted by atomic mass is 16.8. The van der Waals surface area contributed by atoms with Crippen LogP contribution in [0.5, 0.6) is 0 Å². The number of allylic oxidation sites excluding steroid dienone is 1. The summed E-state index contributed by atoms with van der Waals surface area (Å²) in [4.78, 5) is 13.1. The van der Waals surface area contributed by atoms with Crippen molar-refractivity contribution < 1.29 is 119 Å². The third kappa shape index (κ3) is 9.50. The highest BCUT2D eigenvalue weighted by Gasteiger charge is 2.73. The first-order chi connectivity index (χ1) is 36.0. The molecule has 0 spiro atoms. The number of hydrogen-bond donors (Lipinski definition) is 15. The van der Waals surface area contributed by atoms with Crippen LogP contribution in [-0.2, 0) is 42.7 Å². The zero-order valence-electron chi connectivity index (χ0n) is 44.9. The average Bonchev–Trinajstić information content (AvgIpc) is 3.47. The number of ether oxygens (including phenoxy) is 8. The minimum atomic E-state index is -2.22. The van der Waals surface area contributed by atoms with Crippen LogP contribution in [0.25, 0.3) is 0 Å². The number of carboxylic acid groups (broad SMARTS) is 1. The molecule has 29 atom stereocenters. The van der Waals surface area contributed by atoms with Crippen LogP contribution in [0, 0.1) is 50.2 Å². The third-order valence-electron chi connectivity index (χ3n) is 21.3. The largest absolute Gasteiger partial charge is 0.479 e. The number of carbonyl (C=O) groups is 1. The Morgan fingerprint density at radius 3 is 1.75 bits per heavy atom. The molecule has 9 aliphatic rings. The quantitative estimate of drug-likeness (QED) is 0.0689. The smallest absolute Gasteiger partial charge is 0.335 e. The Labute approximate surface area is 447 Å². The Morgan fingerprint density at radius 2 is 1.18 bits per heavy atom. The number of aliphatic hydroxyl groups is 14. The van der Waals surface area contributed by atoms with Crippen molar-refractivity contribution in [3.63, 3.8) is 0 Å². The van der Waals surface area contributed by atoms with Gasteiger partial charge >= 0.3 is 5.97 Å². The van der Waals surface area contributed by atoms with E-state index in [0.29, 0.717) is 38.5 Å². The second kappa shape index (κ2) is 21.5. The lowest BCUT2D eigenvalue weighted by atomic mass is 9.32. The molecule has 0 radical (unpaired) electrons. The molecule has 4 saturated heterocycles. The highest BCUT2D eigenvalue weighted by Crippen LogP contribution is 2.76. The van der Waals surface area contributed by atoms with E-state index in [1.165, 1.54) is 0 Å². The van der Waals surface area contributed by atoms with Crippen LogP contribution in [-0.4, -0.2) is 244 Å². The van der Waals surface area contributed by atoms with Gasteiger partial charge in [-0.1, -0.05) is 60.1 Å². The van der Waals surface area contributed by atoms with Gasteiger partial charge in [-0.2, -0.15) is 0 Å². The van der Waals surface area contributed by atoms with Crippen molar-refractivity contribution in [2.24, 2.45) is 50.2 Å². The molecule has 442 valence electrons. The van der Waals surface area contributed by atoms with Crippen LogP contribution >= 0.6 is 0 Å². The maximum absolute atomic E-state index is 13.1. The van der Waals surface area contributed by atoms with Crippen LogP contribution in [0.15, 0.2) is 11.6 Å². The van der Waals surface area contributed by atoms with Gasteiger partial charge in [0.2, 0.25) is 0 Å². The molecular weight excluding hydrogens is 1020 g/mol. The summed E-state index contributed by atoms with van der Waals surface area (Å²) in [5.41, 5.74) is -2.34. The molecule has 15 N–H and O–H groups in total.